The van der Waals surface area contributed by atoms with Crippen LogP contribution in [-0.2, 0) is 6.54 Å². The molecule has 0 unspecified atom stereocenters. The number of anilines is 1. The Morgan fingerprint density at radius 1 is 1.00 bits per heavy atom. The maximum Gasteiger partial charge on any atom is 0.168 e. The molecule has 1 fully saturated rings. The van der Waals surface area contributed by atoms with Crippen LogP contribution in [0.2, 0.25) is 0 Å². The smallest absolute Gasteiger partial charge is 0.168 e. The molecule has 21 heavy (non-hydrogen) atoms. The van der Waals surface area contributed by atoms with Gasteiger partial charge in [-0.05, 0) is 17.7 Å². The van der Waals surface area contributed by atoms with Crippen molar-refractivity contribution < 1.29 is 4.79 Å². The summed E-state index contributed by atoms with van der Waals surface area (Å²) in [7, 11) is 0. The Balaban J connectivity index is 1.56. The highest BCUT2D eigenvalue weighted by molar-refractivity contribution is 5.72. The van der Waals surface area contributed by atoms with Crippen LogP contribution in [0.3, 0.4) is 0 Å². The zero-order chi connectivity index (χ0) is 14.5. The van der Waals surface area contributed by atoms with Crippen molar-refractivity contribution in [3.63, 3.8) is 0 Å². The van der Waals surface area contributed by atoms with E-state index in [1.807, 2.05) is 6.07 Å². The van der Waals surface area contributed by atoms with Gasteiger partial charge in [0, 0.05) is 32.7 Å². The molecule has 0 aliphatic carbocycles. The van der Waals surface area contributed by atoms with Gasteiger partial charge in [0.15, 0.2) is 6.29 Å². The largest absolute Gasteiger partial charge is 0.368 e. The highest BCUT2D eigenvalue weighted by Crippen LogP contribution is 2.16. The monoisotopic (exact) mass is 281 g/mol. The van der Waals surface area contributed by atoms with E-state index >= 15 is 0 Å². The van der Waals surface area contributed by atoms with Crippen LogP contribution in [0.1, 0.15) is 16.1 Å². The van der Waals surface area contributed by atoms with Crippen molar-refractivity contribution in [2.24, 2.45) is 0 Å². The second kappa shape index (κ2) is 6.50. The summed E-state index contributed by atoms with van der Waals surface area (Å²) in [6, 6.07) is 14.3. The fourth-order valence-corrected chi connectivity index (χ4v) is 2.66. The lowest BCUT2D eigenvalue weighted by Crippen LogP contribution is -2.46. The van der Waals surface area contributed by atoms with Crippen LogP contribution in [-0.4, -0.2) is 42.3 Å². The summed E-state index contributed by atoms with van der Waals surface area (Å²) in [6.45, 7) is 5.09. The molecular formula is C17H19N3O. The number of hydrogen-bond donors (Lipinski definition) is 0. The van der Waals surface area contributed by atoms with E-state index in [1.54, 1.807) is 12.3 Å². The number of aromatic nitrogens is 1. The zero-order valence-electron chi connectivity index (χ0n) is 12.0. The number of benzene rings is 1. The summed E-state index contributed by atoms with van der Waals surface area (Å²) in [5, 5.41) is 0. The number of pyridine rings is 1. The predicted octanol–water partition coefficient (Wildman–Crippen LogP) is 2.22. The molecule has 2 aromatic rings. The second-order valence-electron chi connectivity index (χ2n) is 5.31. The van der Waals surface area contributed by atoms with E-state index in [0.29, 0.717) is 5.69 Å². The van der Waals surface area contributed by atoms with E-state index in [1.165, 1.54) is 5.56 Å². The summed E-state index contributed by atoms with van der Waals surface area (Å²) < 4.78 is 0. The molecule has 2 heterocycles. The maximum atomic E-state index is 10.6. The average Bonchev–Trinajstić information content (AvgIpc) is 2.57. The highest BCUT2D eigenvalue weighted by atomic mass is 16.1. The summed E-state index contributed by atoms with van der Waals surface area (Å²) in [5.41, 5.74) is 2.95. The number of piperazine rings is 1. The summed E-state index contributed by atoms with van der Waals surface area (Å²) in [6.07, 6.45) is 2.57. The lowest BCUT2D eigenvalue weighted by molar-refractivity contribution is 0.111. The Morgan fingerprint density at radius 3 is 2.38 bits per heavy atom. The molecule has 4 heteroatoms. The third-order valence-electron chi connectivity index (χ3n) is 3.88. The highest BCUT2D eigenvalue weighted by Gasteiger charge is 2.17. The fraction of sp³-hybridized carbons (Fsp3) is 0.294. The summed E-state index contributed by atoms with van der Waals surface area (Å²) in [4.78, 5) is 19.6. The fourth-order valence-electron chi connectivity index (χ4n) is 2.66. The molecule has 0 spiro atoms. The minimum Gasteiger partial charge on any atom is -0.368 e. The van der Waals surface area contributed by atoms with Crippen molar-refractivity contribution >= 4 is 12.0 Å². The van der Waals surface area contributed by atoms with Crippen molar-refractivity contribution in [3.8, 4) is 0 Å². The van der Waals surface area contributed by atoms with E-state index in [-0.39, 0.29) is 0 Å². The lowest BCUT2D eigenvalue weighted by Gasteiger charge is -2.36. The van der Waals surface area contributed by atoms with Crippen LogP contribution >= 0.6 is 0 Å². The minimum atomic E-state index is 0.487. The molecule has 0 N–H and O–H groups in total. The summed E-state index contributed by atoms with van der Waals surface area (Å²) >= 11 is 0. The number of aldehydes is 1. The molecule has 1 aromatic carbocycles. The Bertz CT molecular complexity index is 575. The van der Waals surface area contributed by atoms with Gasteiger partial charge in [-0.1, -0.05) is 30.3 Å². The van der Waals surface area contributed by atoms with Gasteiger partial charge in [0.25, 0.3) is 0 Å². The van der Waals surface area contributed by atoms with Crippen LogP contribution in [0.15, 0.2) is 48.7 Å². The van der Waals surface area contributed by atoms with Crippen molar-refractivity contribution in [2.45, 2.75) is 6.54 Å². The van der Waals surface area contributed by atoms with Gasteiger partial charge in [0.05, 0.1) is 11.9 Å². The van der Waals surface area contributed by atoms with E-state index in [4.69, 9.17) is 0 Å². The first-order chi connectivity index (χ1) is 10.3. The first kappa shape index (κ1) is 13.8. The van der Waals surface area contributed by atoms with Gasteiger partial charge in [-0.2, -0.15) is 0 Å². The van der Waals surface area contributed by atoms with Crippen molar-refractivity contribution in [2.75, 3.05) is 31.1 Å². The van der Waals surface area contributed by atoms with Crippen molar-refractivity contribution in [1.82, 2.24) is 9.88 Å². The lowest BCUT2D eigenvalue weighted by atomic mass is 10.2. The Morgan fingerprint density at radius 2 is 1.76 bits per heavy atom. The number of nitrogens with zero attached hydrogens (tertiary/aromatic N) is 3. The number of carbonyl (C=O) groups is 1. The van der Waals surface area contributed by atoms with Crippen molar-refractivity contribution in [1.29, 1.82) is 0 Å². The molecule has 1 aliphatic heterocycles. The molecule has 108 valence electrons. The zero-order valence-corrected chi connectivity index (χ0v) is 12.0. The Hall–Kier alpha value is -2.20. The molecule has 1 aliphatic rings. The van der Waals surface area contributed by atoms with Crippen LogP contribution in [0.5, 0.6) is 0 Å². The molecular weight excluding hydrogens is 262 g/mol. The van der Waals surface area contributed by atoms with Crippen LogP contribution in [0.4, 0.5) is 5.69 Å². The first-order valence-electron chi connectivity index (χ1n) is 7.27. The molecule has 3 rings (SSSR count). The standard InChI is InChI=1S/C17H19N3O/c21-14-16-6-7-17(12-18-16)20-10-8-19(9-11-20)13-15-4-2-1-3-5-15/h1-7,12,14H,8-11,13H2. The third kappa shape index (κ3) is 3.47. The minimum absolute atomic E-state index is 0.487. The Kier molecular flexibility index (Phi) is 4.26. The second-order valence-corrected chi connectivity index (χ2v) is 5.31. The van der Waals surface area contributed by atoms with Crippen LogP contribution < -0.4 is 4.90 Å². The van der Waals surface area contributed by atoms with Crippen LogP contribution in [0.25, 0.3) is 0 Å². The number of rotatable bonds is 4. The van der Waals surface area contributed by atoms with E-state index in [9.17, 15) is 4.79 Å². The SMILES string of the molecule is O=Cc1ccc(N2CCN(Cc3ccccc3)CC2)cn1. The third-order valence-corrected chi connectivity index (χ3v) is 3.88. The first-order valence-corrected chi connectivity index (χ1v) is 7.27. The topological polar surface area (TPSA) is 36.4 Å². The molecule has 1 saturated heterocycles. The quantitative estimate of drug-likeness (QED) is 0.805. The van der Waals surface area contributed by atoms with Gasteiger partial charge in [0.1, 0.15) is 5.69 Å². The number of carbonyl (C=O) groups excluding carboxylic acids is 1. The van der Waals surface area contributed by atoms with Gasteiger partial charge >= 0.3 is 0 Å². The number of hydrogen-bond acceptors (Lipinski definition) is 4. The van der Waals surface area contributed by atoms with Gasteiger partial charge in [-0.3, -0.25) is 14.7 Å². The molecule has 0 radical (unpaired) electrons. The van der Waals surface area contributed by atoms with Gasteiger partial charge in [-0.25, -0.2) is 0 Å². The van der Waals surface area contributed by atoms with Gasteiger partial charge < -0.3 is 4.90 Å². The Labute approximate surface area is 125 Å². The molecule has 1 aromatic heterocycles. The maximum absolute atomic E-state index is 10.6. The molecule has 0 bridgehead atoms. The van der Waals surface area contributed by atoms with E-state index in [0.717, 1.165) is 44.7 Å². The van der Waals surface area contributed by atoms with E-state index in [2.05, 4.69) is 45.1 Å². The predicted molar refractivity (Wildman–Crippen MR) is 83.6 cm³/mol. The van der Waals surface area contributed by atoms with Crippen molar-refractivity contribution in [3.05, 3.63) is 59.9 Å². The molecule has 0 saturated carbocycles. The van der Waals surface area contributed by atoms with Crippen LogP contribution in [0, 0.1) is 0 Å². The molecule has 0 atom stereocenters. The molecule has 4 nitrogen and oxygen atoms in total. The van der Waals surface area contributed by atoms with E-state index < -0.39 is 0 Å². The summed E-state index contributed by atoms with van der Waals surface area (Å²) in [5.74, 6) is 0. The van der Waals surface area contributed by atoms with Gasteiger partial charge in [-0.15, -0.1) is 0 Å². The van der Waals surface area contributed by atoms with Gasteiger partial charge in [0.2, 0.25) is 0 Å². The normalized spacial score (nSPS) is 15.9. The molecule has 0 amide bonds. The average molecular weight is 281 g/mol.